The molecular formula is C13H26O5. The van der Waals surface area contributed by atoms with Crippen LogP contribution in [-0.2, 0) is 23.7 Å². The zero-order chi connectivity index (χ0) is 13.8. The number of methoxy groups -OCH3 is 2. The van der Waals surface area contributed by atoms with E-state index in [0.29, 0.717) is 19.6 Å². The van der Waals surface area contributed by atoms with Gasteiger partial charge in [0.25, 0.3) is 0 Å². The molecule has 0 amide bonds. The lowest BCUT2D eigenvalue weighted by Gasteiger charge is -2.21. The fourth-order valence-corrected chi connectivity index (χ4v) is 1.47. The topological polar surface area (TPSA) is 54.0 Å². The van der Waals surface area contributed by atoms with Crippen LogP contribution in [0.15, 0.2) is 0 Å². The third kappa shape index (κ3) is 8.44. The van der Waals surface area contributed by atoms with Gasteiger partial charge < -0.3 is 18.9 Å². The molecule has 0 aromatic heterocycles. The molecule has 108 valence electrons. The van der Waals surface area contributed by atoms with E-state index in [1.807, 2.05) is 6.92 Å². The fourth-order valence-electron chi connectivity index (χ4n) is 1.47. The van der Waals surface area contributed by atoms with Gasteiger partial charge in [0.1, 0.15) is 6.10 Å². The molecule has 0 aliphatic carbocycles. The minimum absolute atomic E-state index is 0.215. The maximum Gasteiger partial charge on any atom is 0.306 e. The highest BCUT2D eigenvalue weighted by molar-refractivity contribution is 5.69. The van der Waals surface area contributed by atoms with Crippen LogP contribution in [0.2, 0.25) is 0 Å². The van der Waals surface area contributed by atoms with Crippen LogP contribution in [0.1, 0.15) is 39.5 Å². The Bertz CT molecular complexity index is 208. The van der Waals surface area contributed by atoms with Gasteiger partial charge in [0, 0.05) is 20.6 Å². The van der Waals surface area contributed by atoms with Crippen LogP contribution in [0.25, 0.3) is 0 Å². The summed E-state index contributed by atoms with van der Waals surface area (Å²) < 4.78 is 21.0. The van der Waals surface area contributed by atoms with Crippen molar-refractivity contribution < 1.29 is 23.7 Å². The Hall–Kier alpha value is -0.650. The molecule has 0 aromatic carbocycles. The lowest BCUT2D eigenvalue weighted by atomic mass is 10.3. The number of esters is 1. The number of rotatable bonds is 11. The molecular weight excluding hydrogens is 236 g/mol. The van der Waals surface area contributed by atoms with Gasteiger partial charge in [-0.3, -0.25) is 4.79 Å². The number of carbonyl (C=O) groups excluding carboxylic acids is 1. The van der Waals surface area contributed by atoms with Crippen molar-refractivity contribution in [2.24, 2.45) is 0 Å². The van der Waals surface area contributed by atoms with Gasteiger partial charge in [-0.2, -0.15) is 0 Å². The quantitative estimate of drug-likeness (QED) is 0.422. The number of carbonyl (C=O) groups is 1. The third-order valence-electron chi connectivity index (χ3n) is 2.36. The van der Waals surface area contributed by atoms with Crippen LogP contribution in [0.5, 0.6) is 0 Å². The van der Waals surface area contributed by atoms with E-state index in [4.69, 9.17) is 18.9 Å². The van der Waals surface area contributed by atoms with E-state index in [2.05, 4.69) is 6.92 Å². The molecule has 0 radical (unpaired) electrons. The summed E-state index contributed by atoms with van der Waals surface area (Å²) in [4.78, 5) is 11.4. The lowest BCUT2D eigenvalue weighted by Crippen LogP contribution is -2.30. The van der Waals surface area contributed by atoms with Crippen molar-refractivity contribution in [2.75, 3.05) is 27.4 Å². The van der Waals surface area contributed by atoms with E-state index >= 15 is 0 Å². The van der Waals surface area contributed by atoms with Gasteiger partial charge in [0.2, 0.25) is 0 Å². The van der Waals surface area contributed by atoms with Crippen LogP contribution < -0.4 is 0 Å². The van der Waals surface area contributed by atoms with Crippen molar-refractivity contribution in [1.82, 2.24) is 0 Å². The summed E-state index contributed by atoms with van der Waals surface area (Å²) in [6.07, 6.45) is 2.36. The number of ether oxygens (including phenoxy) is 4. The van der Waals surface area contributed by atoms with Crippen molar-refractivity contribution in [3.63, 3.8) is 0 Å². The van der Waals surface area contributed by atoms with Crippen LogP contribution in [-0.4, -0.2) is 45.8 Å². The second-order valence-electron chi connectivity index (χ2n) is 4.10. The largest absolute Gasteiger partial charge is 0.457 e. The molecule has 0 bridgehead atoms. The summed E-state index contributed by atoms with van der Waals surface area (Å²) >= 11 is 0. The Morgan fingerprint density at radius 3 is 2.33 bits per heavy atom. The average Bonchev–Trinajstić information content (AvgIpc) is 2.34. The summed E-state index contributed by atoms with van der Waals surface area (Å²) in [6, 6.07) is 0. The van der Waals surface area contributed by atoms with Gasteiger partial charge in [-0.05, 0) is 12.8 Å². The highest BCUT2D eigenvalue weighted by Gasteiger charge is 2.16. The minimum Gasteiger partial charge on any atom is -0.457 e. The van der Waals surface area contributed by atoms with Crippen LogP contribution in [0, 0.1) is 0 Å². The highest BCUT2D eigenvalue weighted by atomic mass is 16.7. The first-order valence-corrected chi connectivity index (χ1v) is 6.50. The zero-order valence-corrected chi connectivity index (χ0v) is 11.9. The van der Waals surface area contributed by atoms with Crippen molar-refractivity contribution in [2.45, 2.75) is 51.9 Å². The molecule has 0 aliphatic rings. The Balaban J connectivity index is 4.05. The van der Waals surface area contributed by atoms with Crippen LogP contribution >= 0.6 is 0 Å². The molecule has 2 atom stereocenters. The van der Waals surface area contributed by atoms with E-state index in [1.165, 1.54) is 0 Å². The maximum atomic E-state index is 11.4. The molecule has 0 aliphatic heterocycles. The predicted octanol–water partition coefficient (Wildman–Crippen LogP) is 2.13. The van der Waals surface area contributed by atoms with E-state index in [9.17, 15) is 4.79 Å². The van der Waals surface area contributed by atoms with Gasteiger partial charge in [-0.15, -0.1) is 0 Å². The van der Waals surface area contributed by atoms with Crippen LogP contribution in [0.4, 0.5) is 0 Å². The second-order valence-corrected chi connectivity index (χ2v) is 4.10. The molecule has 5 nitrogen and oxygen atoms in total. The standard InChI is InChI=1S/C13H26O5/c1-5-7-12(14)18-11(9-15-3)10-17-13(16-4)8-6-2/h11,13H,5-10H2,1-4H3. The summed E-state index contributed by atoms with van der Waals surface area (Å²) in [5.41, 5.74) is 0. The zero-order valence-electron chi connectivity index (χ0n) is 11.9. The SMILES string of the molecule is CCCC(=O)OC(COC)COC(CCC)OC. The molecule has 0 rings (SSSR count). The summed E-state index contributed by atoms with van der Waals surface area (Å²) in [6.45, 7) is 4.62. The maximum absolute atomic E-state index is 11.4. The molecule has 5 heteroatoms. The average molecular weight is 262 g/mol. The Kier molecular flexibility index (Phi) is 11.0. The van der Waals surface area contributed by atoms with Crippen molar-refractivity contribution in [3.8, 4) is 0 Å². The minimum atomic E-state index is -0.372. The molecule has 2 unspecified atom stereocenters. The molecule has 0 N–H and O–H groups in total. The Morgan fingerprint density at radius 1 is 1.11 bits per heavy atom. The van der Waals surface area contributed by atoms with Crippen molar-refractivity contribution >= 4 is 5.97 Å². The first-order valence-electron chi connectivity index (χ1n) is 6.50. The normalized spacial score (nSPS) is 14.2. The molecule has 0 heterocycles. The van der Waals surface area contributed by atoms with Gasteiger partial charge >= 0.3 is 5.97 Å². The summed E-state index contributed by atoms with van der Waals surface area (Å²) in [7, 11) is 3.18. The van der Waals surface area contributed by atoms with E-state index in [-0.39, 0.29) is 18.4 Å². The second kappa shape index (κ2) is 11.4. The molecule has 0 spiro atoms. The van der Waals surface area contributed by atoms with Gasteiger partial charge in [-0.1, -0.05) is 20.3 Å². The van der Waals surface area contributed by atoms with E-state index in [0.717, 1.165) is 19.3 Å². The smallest absolute Gasteiger partial charge is 0.306 e. The monoisotopic (exact) mass is 262 g/mol. The third-order valence-corrected chi connectivity index (χ3v) is 2.36. The van der Waals surface area contributed by atoms with Crippen LogP contribution in [0.3, 0.4) is 0 Å². The first-order chi connectivity index (χ1) is 8.67. The number of hydrogen-bond donors (Lipinski definition) is 0. The molecule has 0 aromatic rings. The van der Waals surface area contributed by atoms with E-state index in [1.54, 1.807) is 14.2 Å². The molecule has 0 saturated carbocycles. The van der Waals surface area contributed by atoms with E-state index < -0.39 is 0 Å². The first kappa shape index (κ1) is 17.4. The highest BCUT2D eigenvalue weighted by Crippen LogP contribution is 2.06. The Labute approximate surface area is 110 Å². The predicted molar refractivity (Wildman–Crippen MR) is 68.3 cm³/mol. The van der Waals surface area contributed by atoms with Gasteiger partial charge in [0.05, 0.1) is 13.2 Å². The number of hydrogen-bond acceptors (Lipinski definition) is 5. The molecule has 0 saturated heterocycles. The van der Waals surface area contributed by atoms with Gasteiger partial charge in [-0.25, -0.2) is 0 Å². The van der Waals surface area contributed by atoms with Gasteiger partial charge in [0.15, 0.2) is 6.29 Å². The molecule has 0 fully saturated rings. The van der Waals surface area contributed by atoms with Crippen molar-refractivity contribution in [1.29, 1.82) is 0 Å². The fraction of sp³-hybridized carbons (Fsp3) is 0.923. The molecule has 18 heavy (non-hydrogen) atoms. The van der Waals surface area contributed by atoms with Crippen molar-refractivity contribution in [3.05, 3.63) is 0 Å². The summed E-state index contributed by atoms with van der Waals surface area (Å²) in [5.74, 6) is -0.215. The lowest BCUT2D eigenvalue weighted by molar-refractivity contribution is -0.173. The Morgan fingerprint density at radius 2 is 1.83 bits per heavy atom. The summed E-state index contributed by atoms with van der Waals surface area (Å²) in [5, 5.41) is 0.